The summed E-state index contributed by atoms with van der Waals surface area (Å²) < 4.78 is 0. The van der Waals surface area contributed by atoms with Gasteiger partial charge in [0.2, 0.25) is 0 Å². The van der Waals surface area contributed by atoms with Crippen LogP contribution >= 0.6 is 0 Å². The van der Waals surface area contributed by atoms with Crippen molar-refractivity contribution in [2.45, 2.75) is 31.6 Å². The molecule has 2 aromatic carbocycles. The molecular weight excluding hydrogens is 256 g/mol. The minimum atomic E-state index is 0.392. The third-order valence-electron chi connectivity index (χ3n) is 4.17. The summed E-state index contributed by atoms with van der Waals surface area (Å²) >= 11 is 0. The molecule has 0 saturated heterocycles. The van der Waals surface area contributed by atoms with E-state index in [9.17, 15) is 4.79 Å². The quantitative estimate of drug-likeness (QED) is 0.714. The van der Waals surface area contributed by atoms with Crippen LogP contribution in [0, 0.1) is 0 Å². The molecule has 21 heavy (non-hydrogen) atoms. The normalized spacial score (nSPS) is 19.0. The minimum Gasteiger partial charge on any atom is -0.300 e. The Hall–Kier alpha value is -2.15. The molecule has 0 bridgehead atoms. The van der Waals surface area contributed by atoms with Crippen LogP contribution in [-0.4, -0.2) is 5.78 Å². The molecule has 1 nitrogen and oxygen atoms in total. The lowest BCUT2D eigenvalue weighted by Gasteiger charge is -2.22. The van der Waals surface area contributed by atoms with E-state index in [4.69, 9.17) is 0 Å². The van der Waals surface area contributed by atoms with Crippen molar-refractivity contribution in [3.63, 3.8) is 0 Å². The molecule has 0 spiro atoms. The van der Waals surface area contributed by atoms with Gasteiger partial charge in [-0.1, -0.05) is 66.7 Å². The Kier molecular flexibility index (Phi) is 4.30. The molecule has 0 N–H and O–H groups in total. The summed E-state index contributed by atoms with van der Waals surface area (Å²) in [6, 6.07) is 18.8. The zero-order valence-corrected chi connectivity index (χ0v) is 12.2. The topological polar surface area (TPSA) is 17.1 Å². The van der Waals surface area contributed by atoms with Crippen LogP contribution in [0.25, 0.3) is 12.2 Å². The standard InChI is InChI=1S/C20H20O/c21-19-11-6-10-18(15-19)20-12-5-4-9-17(20)14-13-16-7-2-1-3-8-16/h1-5,7-9,12-14,18H,6,10-11,15H2/b14-13+/t18-/m1/s1. The molecule has 0 unspecified atom stereocenters. The zero-order valence-electron chi connectivity index (χ0n) is 12.2. The average Bonchev–Trinajstić information content (AvgIpc) is 2.54. The first-order valence-corrected chi connectivity index (χ1v) is 7.67. The Balaban J connectivity index is 1.86. The number of hydrogen-bond acceptors (Lipinski definition) is 1. The smallest absolute Gasteiger partial charge is 0.133 e. The molecule has 1 aliphatic rings. The average molecular weight is 276 g/mol. The fourth-order valence-corrected chi connectivity index (χ4v) is 3.07. The van der Waals surface area contributed by atoms with Crippen LogP contribution < -0.4 is 0 Å². The van der Waals surface area contributed by atoms with Crippen molar-refractivity contribution in [1.29, 1.82) is 0 Å². The van der Waals surface area contributed by atoms with Crippen LogP contribution in [0.15, 0.2) is 54.6 Å². The first kappa shape index (κ1) is 13.8. The molecule has 1 saturated carbocycles. The Labute approximate surface area is 126 Å². The monoisotopic (exact) mass is 276 g/mol. The molecule has 0 amide bonds. The lowest BCUT2D eigenvalue weighted by Crippen LogP contribution is -2.14. The van der Waals surface area contributed by atoms with Gasteiger partial charge in [-0.25, -0.2) is 0 Å². The van der Waals surface area contributed by atoms with Crippen molar-refractivity contribution >= 4 is 17.9 Å². The van der Waals surface area contributed by atoms with Gasteiger partial charge in [-0.2, -0.15) is 0 Å². The Morgan fingerprint density at radius 2 is 1.67 bits per heavy atom. The van der Waals surface area contributed by atoms with Gasteiger partial charge in [0.05, 0.1) is 0 Å². The van der Waals surface area contributed by atoms with E-state index in [0.717, 1.165) is 19.3 Å². The van der Waals surface area contributed by atoms with E-state index >= 15 is 0 Å². The van der Waals surface area contributed by atoms with E-state index < -0.39 is 0 Å². The van der Waals surface area contributed by atoms with Crippen LogP contribution in [0.1, 0.15) is 48.3 Å². The second-order valence-corrected chi connectivity index (χ2v) is 5.70. The van der Waals surface area contributed by atoms with Gasteiger partial charge in [0.15, 0.2) is 0 Å². The maximum Gasteiger partial charge on any atom is 0.133 e. The molecule has 1 heteroatoms. The van der Waals surface area contributed by atoms with Crippen molar-refractivity contribution in [3.8, 4) is 0 Å². The number of carbonyl (C=O) groups excluding carboxylic acids is 1. The van der Waals surface area contributed by atoms with Crippen molar-refractivity contribution in [1.82, 2.24) is 0 Å². The number of benzene rings is 2. The number of carbonyl (C=O) groups is 1. The largest absolute Gasteiger partial charge is 0.300 e. The third-order valence-corrected chi connectivity index (χ3v) is 4.17. The fraction of sp³-hybridized carbons (Fsp3) is 0.250. The number of rotatable bonds is 3. The minimum absolute atomic E-state index is 0.392. The SMILES string of the molecule is O=C1CCC[C@@H](c2ccccc2/C=C/c2ccccc2)C1. The highest BCUT2D eigenvalue weighted by molar-refractivity contribution is 5.80. The summed E-state index contributed by atoms with van der Waals surface area (Å²) in [7, 11) is 0. The lowest BCUT2D eigenvalue weighted by atomic mass is 9.81. The van der Waals surface area contributed by atoms with Gasteiger partial charge < -0.3 is 0 Å². The Morgan fingerprint density at radius 3 is 2.48 bits per heavy atom. The Bertz CT molecular complexity index is 640. The van der Waals surface area contributed by atoms with E-state index in [-0.39, 0.29) is 0 Å². The predicted octanol–water partition coefficient (Wildman–Crippen LogP) is 5.08. The second kappa shape index (κ2) is 6.53. The highest BCUT2D eigenvalue weighted by Gasteiger charge is 2.22. The molecule has 1 atom stereocenters. The van der Waals surface area contributed by atoms with Crippen molar-refractivity contribution in [3.05, 3.63) is 71.3 Å². The van der Waals surface area contributed by atoms with Gasteiger partial charge in [0.1, 0.15) is 5.78 Å². The fourth-order valence-electron chi connectivity index (χ4n) is 3.07. The van der Waals surface area contributed by atoms with Gasteiger partial charge in [-0.05, 0) is 35.4 Å². The first-order valence-electron chi connectivity index (χ1n) is 7.67. The molecule has 0 aromatic heterocycles. The third kappa shape index (κ3) is 3.49. The summed E-state index contributed by atoms with van der Waals surface area (Å²) in [5.74, 6) is 0.802. The molecule has 0 radical (unpaired) electrons. The van der Waals surface area contributed by atoms with Gasteiger partial charge >= 0.3 is 0 Å². The van der Waals surface area contributed by atoms with Gasteiger partial charge in [0.25, 0.3) is 0 Å². The van der Waals surface area contributed by atoms with Crippen molar-refractivity contribution in [2.75, 3.05) is 0 Å². The highest BCUT2D eigenvalue weighted by atomic mass is 16.1. The molecule has 0 heterocycles. The zero-order chi connectivity index (χ0) is 14.5. The van der Waals surface area contributed by atoms with Crippen molar-refractivity contribution in [2.24, 2.45) is 0 Å². The lowest BCUT2D eigenvalue weighted by molar-refractivity contribution is -0.120. The van der Waals surface area contributed by atoms with E-state index in [0.29, 0.717) is 18.1 Å². The summed E-state index contributed by atoms with van der Waals surface area (Å²) in [5.41, 5.74) is 3.76. The molecule has 2 aromatic rings. The molecule has 106 valence electrons. The second-order valence-electron chi connectivity index (χ2n) is 5.70. The van der Waals surface area contributed by atoms with E-state index in [1.165, 1.54) is 16.7 Å². The van der Waals surface area contributed by atoms with Crippen LogP contribution in [0.3, 0.4) is 0 Å². The molecule has 0 aliphatic heterocycles. The molecule has 3 rings (SSSR count). The Morgan fingerprint density at radius 1 is 0.905 bits per heavy atom. The van der Waals surface area contributed by atoms with E-state index in [1.54, 1.807) is 0 Å². The molecular formula is C20H20O. The number of hydrogen-bond donors (Lipinski definition) is 0. The van der Waals surface area contributed by atoms with Crippen LogP contribution in [0.2, 0.25) is 0 Å². The predicted molar refractivity (Wildman–Crippen MR) is 88.0 cm³/mol. The van der Waals surface area contributed by atoms with Crippen LogP contribution in [0.5, 0.6) is 0 Å². The maximum absolute atomic E-state index is 11.7. The summed E-state index contributed by atoms with van der Waals surface area (Å²) in [5, 5.41) is 0. The maximum atomic E-state index is 11.7. The molecule has 1 aliphatic carbocycles. The first-order chi connectivity index (χ1) is 10.3. The van der Waals surface area contributed by atoms with Gasteiger partial charge in [-0.15, -0.1) is 0 Å². The highest BCUT2D eigenvalue weighted by Crippen LogP contribution is 2.33. The number of ketones is 1. The van der Waals surface area contributed by atoms with Crippen molar-refractivity contribution < 1.29 is 4.79 Å². The van der Waals surface area contributed by atoms with Crippen LogP contribution in [-0.2, 0) is 4.79 Å². The van der Waals surface area contributed by atoms with Crippen LogP contribution in [0.4, 0.5) is 0 Å². The molecule has 1 fully saturated rings. The van der Waals surface area contributed by atoms with Gasteiger partial charge in [0, 0.05) is 12.8 Å². The van der Waals surface area contributed by atoms with E-state index in [1.807, 2.05) is 18.2 Å². The number of Topliss-reactive ketones (excluding diaryl/α,β-unsaturated/α-hetero) is 1. The summed E-state index contributed by atoms with van der Waals surface area (Å²) in [6.07, 6.45) is 7.93. The summed E-state index contributed by atoms with van der Waals surface area (Å²) in [6.45, 7) is 0. The summed E-state index contributed by atoms with van der Waals surface area (Å²) in [4.78, 5) is 11.7. The van der Waals surface area contributed by atoms with Gasteiger partial charge in [-0.3, -0.25) is 4.79 Å². The van der Waals surface area contributed by atoms with E-state index in [2.05, 4.69) is 48.6 Å².